The van der Waals surface area contributed by atoms with E-state index in [2.05, 4.69) is 0 Å². The molecule has 4 heteroatoms. The molecule has 3 aromatic carbocycles. The molecule has 0 saturated carbocycles. The minimum absolute atomic E-state index is 0.210. The molecule has 4 nitrogen and oxygen atoms in total. The van der Waals surface area contributed by atoms with Crippen LogP contribution >= 0.6 is 0 Å². The second-order valence-corrected chi connectivity index (χ2v) is 5.31. The van der Waals surface area contributed by atoms with Crippen LogP contribution in [-0.4, -0.2) is 10.2 Å². The van der Waals surface area contributed by atoms with E-state index in [0.29, 0.717) is 11.0 Å². The van der Waals surface area contributed by atoms with Gasteiger partial charge in [-0.15, -0.1) is 0 Å². The summed E-state index contributed by atoms with van der Waals surface area (Å²) in [6, 6.07) is 15.7. The normalized spacial score (nSPS) is 11.1. The standard InChI is InChI=1S/C19H12O4/c20-15-7-3-6-13(18(15)21)14-10-23-16-9-8-11-4-1-2-5-12(11)17(16)19(14)22/h1-10,20-21H. The molecule has 0 fully saturated rings. The summed E-state index contributed by atoms with van der Waals surface area (Å²) in [4.78, 5) is 13.0. The molecule has 0 saturated heterocycles. The molecule has 0 radical (unpaired) electrons. The maximum Gasteiger partial charge on any atom is 0.201 e. The van der Waals surface area contributed by atoms with Crippen molar-refractivity contribution in [3.8, 4) is 22.6 Å². The number of hydrogen-bond acceptors (Lipinski definition) is 4. The second kappa shape index (κ2) is 4.88. The fraction of sp³-hybridized carbons (Fsp3) is 0. The lowest BCUT2D eigenvalue weighted by molar-refractivity contribution is 0.405. The molecule has 0 atom stereocenters. The van der Waals surface area contributed by atoms with Crippen LogP contribution in [-0.2, 0) is 0 Å². The van der Waals surface area contributed by atoms with Gasteiger partial charge in [0.15, 0.2) is 11.5 Å². The molecule has 4 rings (SSSR count). The van der Waals surface area contributed by atoms with Gasteiger partial charge in [0.2, 0.25) is 5.43 Å². The summed E-state index contributed by atoms with van der Waals surface area (Å²) in [5, 5.41) is 21.9. The van der Waals surface area contributed by atoms with Gasteiger partial charge in [-0.25, -0.2) is 0 Å². The maximum absolute atomic E-state index is 13.0. The van der Waals surface area contributed by atoms with Gasteiger partial charge in [-0.2, -0.15) is 0 Å². The fourth-order valence-electron chi connectivity index (χ4n) is 2.83. The minimum atomic E-state index is -0.334. The van der Waals surface area contributed by atoms with E-state index >= 15 is 0 Å². The van der Waals surface area contributed by atoms with Crippen molar-refractivity contribution >= 4 is 21.7 Å². The topological polar surface area (TPSA) is 70.7 Å². The van der Waals surface area contributed by atoms with Crippen LogP contribution in [0, 0.1) is 0 Å². The Bertz CT molecular complexity index is 1110. The Morgan fingerprint density at radius 1 is 0.826 bits per heavy atom. The van der Waals surface area contributed by atoms with Gasteiger partial charge in [-0.3, -0.25) is 4.79 Å². The molecule has 23 heavy (non-hydrogen) atoms. The molecule has 0 aliphatic rings. The van der Waals surface area contributed by atoms with E-state index in [4.69, 9.17) is 4.42 Å². The third-order valence-electron chi connectivity index (χ3n) is 3.97. The molecule has 1 heterocycles. The van der Waals surface area contributed by atoms with Gasteiger partial charge < -0.3 is 14.6 Å². The van der Waals surface area contributed by atoms with Crippen molar-refractivity contribution in [2.75, 3.05) is 0 Å². The van der Waals surface area contributed by atoms with E-state index in [-0.39, 0.29) is 28.1 Å². The minimum Gasteiger partial charge on any atom is -0.504 e. The average molecular weight is 304 g/mol. The van der Waals surface area contributed by atoms with Gasteiger partial charge in [-0.05, 0) is 22.9 Å². The van der Waals surface area contributed by atoms with Crippen molar-refractivity contribution in [3.05, 3.63) is 71.1 Å². The Labute approximate surface area is 130 Å². The highest BCUT2D eigenvalue weighted by Gasteiger charge is 2.16. The number of para-hydroxylation sites is 1. The largest absolute Gasteiger partial charge is 0.504 e. The summed E-state index contributed by atoms with van der Waals surface area (Å²) in [7, 11) is 0. The fourth-order valence-corrected chi connectivity index (χ4v) is 2.83. The van der Waals surface area contributed by atoms with Crippen molar-refractivity contribution < 1.29 is 14.6 Å². The van der Waals surface area contributed by atoms with Crippen LogP contribution in [0.15, 0.2) is 70.1 Å². The molecule has 2 N–H and O–H groups in total. The number of aromatic hydroxyl groups is 2. The average Bonchev–Trinajstić information content (AvgIpc) is 2.58. The van der Waals surface area contributed by atoms with Crippen molar-refractivity contribution in [1.82, 2.24) is 0 Å². The first-order valence-electron chi connectivity index (χ1n) is 7.11. The van der Waals surface area contributed by atoms with Gasteiger partial charge in [0.25, 0.3) is 0 Å². The third kappa shape index (κ3) is 1.96. The molecule has 4 aromatic rings. The summed E-state index contributed by atoms with van der Waals surface area (Å²) in [6.45, 7) is 0. The quantitative estimate of drug-likeness (QED) is 0.411. The van der Waals surface area contributed by atoms with Gasteiger partial charge in [0.05, 0.1) is 10.9 Å². The smallest absolute Gasteiger partial charge is 0.201 e. The van der Waals surface area contributed by atoms with Crippen LogP contribution in [0.3, 0.4) is 0 Å². The monoisotopic (exact) mass is 304 g/mol. The zero-order valence-corrected chi connectivity index (χ0v) is 12.0. The molecular weight excluding hydrogens is 292 g/mol. The summed E-state index contributed by atoms with van der Waals surface area (Å²) >= 11 is 0. The first kappa shape index (κ1) is 13.4. The van der Waals surface area contributed by atoms with Gasteiger partial charge >= 0.3 is 0 Å². The highest BCUT2D eigenvalue weighted by atomic mass is 16.3. The van der Waals surface area contributed by atoms with E-state index in [1.165, 1.54) is 12.3 Å². The molecular formula is C19H12O4. The summed E-state index contributed by atoms with van der Waals surface area (Å²) in [5.41, 5.74) is 0.692. The molecule has 112 valence electrons. The number of phenols is 2. The predicted octanol–water partition coefficient (Wildman–Crippen LogP) is 4.02. The molecule has 0 spiro atoms. The van der Waals surface area contributed by atoms with E-state index < -0.39 is 0 Å². The van der Waals surface area contributed by atoms with Crippen molar-refractivity contribution in [2.24, 2.45) is 0 Å². The highest BCUT2D eigenvalue weighted by Crippen LogP contribution is 2.35. The Kier molecular flexibility index (Phi) is 2.84. The van der Waals surface area contributed by atoms with Crippen LogP contribution in [0.25, 0.3) is 32.9 Å². The zero-order chi connectivity index (χ0) is 16.0. The molecule has 0 amide bonds. The van der Waals surface area contributed by atoms with Crippen LogP contribution < -0.4 is 5.43 Å². The maximum atomic E-state index is 13.0. The summed E-state index contributed by atoms with van der Waals surface area (Å²) in [6.07, 6.45) is 1.31. The van der Waals surface area contributed by atoms with Crippen molar-refractivity contribution in [2.45, 2.75) is 0 Å². The molecule has 0 aliphatic carbocycles. The molecule has 0 unspecified atom stereocenters. The summed E-state index contributed by atoms with van der Waals surface area (Å²) in [5.74, 6) is -0.612. The highest BCUT2D eigenvalue weighted by molar-refractivity contribution is 6.06. The lowest BCUT2D eigenvalue weighted by Crippen LogP contribution is -2.05. The first-order chi connectivity index (χ1) is 11.2. The van der Waals surface area contributed by atoms with Crippen LogP contribution in [0.1, 0.15) is 0 Å². The lowest BCUT2D eigenvalue weighted by atomic mass is 10.0. The number of rotatable bonds is 1. The SMILES string of the molecule is O=c1c(-c2cccc(O)c2O)coc2ccc3ccccc3c12. The Hall–Kier alpha value is -3.27. The molecule has 0 aliphatic heterocycles. The second-order valence-electron chi connectivity index (χ2n) is 5.31. The number of benzene rings is 3. The lowest BCUT2D eigenvalue weighted by Gasteiger charge is -2.08. The van der Waals surface area contributed by atoms with Crippen LogP contribution in [0.5, 0.6) is 11.5 Å². The predicted molar refractivity (Wildman–Crippen MR) is 88.8 cm³/mol. The summed E-state index contributed by atoms with van der Waals surface area (Å²) < 4.78 is 5.59. The Balaban J connectivity index is 2.14. The van der Waals surface area contributed by atoms with E-state index in [1.807, 2.05) is 30.3 Å². The van der Waals surface area contributed by atoms with E-state index in [9.17, 15) is 15.0 Å². The Morgan fingerprint density at radius 3 is 2.52 bits per heavy atom. The number of hydrogen-bond donors (Lipinski definition) is 2. The molecule has 1 aromatic heterocycles. The van der Waals surface area contributed by atoms with Crippen LogP contribution in [0.2, 0.25) is 0 Å². The van der Waals surface area contributed by atoms with Gasteiger partial charge in [0, 0.05) is 5.56 Å². The number of fused-ring (bicyclic) bond motifs is 3. The third-order valence-corrected chi connectivity index (χ3v) is 3.97. The van der Waals surface area contributed by atoms with Crippen LogP contribution in [0.4, 0.5) is 0 Å². The first-order valence-corrected chi connectivity index (χ1v) is 7.11. The van der Waals surface area contributed by atoms with E-state index in [1.54, 1.807) is 18.2 Å². The zero-order valence-electron chi connectivity index (χ0n) is 12.0. The van der Waals surface area contributed by atoms with Gasteiger partial charge in [-0.1, -0.05) is 42.5 Å². The van der Waals surface area contributed by atoms with Crippen molar-refractivity contribution in [3.63, 3.8) is 0 Å². The number of phenolic OH excluding ortho intramolecular Hbond substituents is 2. The van der Waals surface area contributed by atoms with E-state index in [0.717, 1.165) is 10.8 Å². The van der Waals surface area contributed by atoms with Crippen molar-refractivity contribution in [1.29, 1.82) is 0 Å². The van der Waals surface area contributed by atoms with Gasteiger partial charge in [0.1, 0.15) is 11.8 Å². The Morgan fingerprint density at radius 2 is 1.65 bits per heavy atom. The molecule has 0 bridgehead atoms.